The summed E-state index contributed by atoms with van der Waals surface area (Å²) >= 11 is 0. The smallest absolute Gasteiger partial charge is 0.0371 e. The van der Waals surface area contributed by atoms with Gasteiger partial charge in [-0.3, -0.25) is 0 Å². The van der Waals surface area contributed by atoms with E-state index in [1.807, 2.05) is 0 Å². The Balaban J connectivity index is 2.12. The van der Waals surface area contributed by atoms with Gasteiger partial charge in [-0.15, -0.1) is 0 Å². The summed E-state index contributed by atoms with van der Waals surface area (Å²) in [6.07, 6.45) is 2.66. The van der Waals surface area contributed by atoms with Gasteiger partial charge >= 0.3 is 0 Å². The molecule has 1 atom stereocenters. The Kier molecular flexibility index (Phi) is 4.06. The fraction of sp³-hybridized carbons (Fsp3) is 0.600. The van der Waals surface area contributed by atoms with Gasteiger partial charge in [-0.25, -0.2) is 0 Å². The van der Waals surface area contributed by atoms with Crippen LogP contribution in [0.3, 0.4) is 0 Å². The largest absolute Gasteiger partial charge is 0.369 e. The molecular weight excluding hydrogens is 208 g/mol. The summed E-state index contributed by atoms with van der Waals surface area (Å²) in [5.41, 5.74) is 4.22. The molecule has 1 aromatic carbocycles. The van der Waals surface area contributed by atoms with Crippen molar-refractivity contribution in [3.63, 3.8) is 0 Å². The second-order valence-corrected chi connectivity index (χ2v) is 5.08. The molecule has 2 nitrogen and oxygen atoms in total. The molecule has 1 aliphatic rings. The summed E-state index contributed by atoms with van der Waals surface area (Å²) in [6, 6.07) is 7.60. The van der Waals surface area contributed by atoms with Gasteiger partial charge in [0.2, 0.25) is 0 Å². The van der Waals surface area contributed by atoms with Crippen LogP contribution in [-0.4, -0.2) is 19.1 Å². The Bertz CT molecular complexity index is 373. The molecule has 2 heteroatoms. The van der Waals surface area contributed by atoms with Crippen molar-refractivity contribution in [3.05, 3.63) is 29.3 Å². The highest BCUT2D eigenvalue weighted by molar-refractivity contribution is 5.52. The van der Waals surface area contributed by atoms with Crippen molar-refractivity contribution < 1.29 is 0 Å². The van der Waals surface area contributed by atoms with E-state index >= 15 is 0 Å². The molecule has 94 valence electrons. The summed E-state index contributed by atoms with van der Waals surface area (Å²) in [5.74, 6) is 0. The van der Waals surface area contributed by atoms with Crippen molar-refractivity contribution in [1.82, 2.24) is 5.32 Å². The summed E-state index contributed by atoms with van der Waals surface area (Å²) in [4.78, 5) is 2.53. The van der Waals surface area contributed by atoms with Gasteiger partial charge in [0.1, 0.15) is 0 Å². The van der Waals surface area contributed by atoms with Crippen LogP contribution in [0.4, 0.5) is 5.69 Å². The standard InChI is InChI=1S/C15H24N2/c1-4-16-11-14-7-8-15(10-12(14)2)17-9-5-6-13(17)3/h7-8,10,13,16H,4-6,9,11H2,1-3H3. The summed E-state index contributed by atoms with van der Waals surface area (Å²) in [6.45, 7) is 9.93. The van der Waals surface area contributed by atoms with Crippen LogP contribution in [0.2, 0.25) is 0 Å². The first-order valence-corrected chi connectivity index (χ1v) is 6.79. The molecule has 1 aromatic rings. The van der Waals surface area contributed by atoms with E-state index in [-0.39, 0.29) is 0 Å². The highest BCUT2D eigenvalue weighted by Crippen LogP contribution is 2.26. The Morgan fingerprint density at radius 1 is 1.41 bits per heavy atom. The molecule has 0 aromatic heterocycles. The number of hydrogen-bond donors (Lipinski definition) is 1. The predicted octanol–water partition coefficient (Wildman–Crippen LogP) is 3.09. The van der Waals surface area contributed by atoms with Crippen LogP contribution in [0.5, 0.6) is 0 Å². The minimum absolute atomic E-state index is 0.703. The molecule has 1 aliphatic heterocycles. The number of nitrogens with one attached hydrogen (secondary N) is 1. The van der Waals surface area contributed by atoms with Crippen molar-refractivity contribution in [1.29, 1.82) is 0 Å². The van der Waals surface area contributed by atoms with E-state index in [2.05, 4.69) is 49.2 Å². The molecule has 2 rings (SSSR count). The van der Waals surface area contributed by atoms with Gasteiger partial charge in [0.25, 0.3) is 0 Å². The molecule has 0 amide bonds. The van der Waals surface area contributed by atoms with E-state index in [1.165, 1.54) is 36.2 Å². The first-order chi connectivity index (χ1) is 8.22. The molecule has 1 unspecified atom stereocenters. The summed E-state index contributed by atoms with van der Waals surface area (Å²) in [7, 11) is 0. The molecule has 1 saturated heterocycles. The van der Waals surface area contributed by atoms with E-state index in [9.17, 15) is 0 Å². The van der Waals surface area contributed by atoms with Gasteiger partial charge in [-0.05, 0) is 56.5 Å². The van der Waals surface area contributed by atoms with Crippen LogP contribution in [0.15, 0.2) is 18.2 Å². The lowest BCUT2D eigenvalue weighted by Crippen LogP contribution is -2.26. The molecular formula is C15H24N2. The zero-order chi connectivity index (χ0) is 12.3. The number of anilines is 1. The highest BCUT2D eigenvalue weighted by Gasteiger charge is 2.20. The van der Waals surface area contributed by atoms with E-state index < -0.39 is 0 Å². The fourth-order valence-corrected chi connectivity index (χ4v) is 2.63. The average molecular weight is 232 g/mol. The second-order valence-electron chi connectivity index (χ2n) is 5.08. The number of nitrogens with zero attached hydrogens (tertiary/aromatic N) is 1. The lowest BCUT2D eigenvalue weighted by Gasteiger charge is -2.24. The van der Waals surface area contributed by atoms with Gasteiger partial charge in [0.15, 0.2) is 0 Å². The van der Waals surface area contributed by atoms with Crippen LogP contribution in [-0.2, 0) is 6.54 Å². The Labute approximate surface area is 105 Å². The number of hydrogen-bond acceptors (Lipinski definition) is 2. The van der Waals surface area contributed by atoms with Crippen molar-refractivity contribution in [3.8, 4) is 0 Å². The van der Waals surface area contributed by atoms with Crippen molar-refractivity contribution >= 4 is 5.69 Å². The molecule has 0 radical (unpaired) electrons. The monoisotopic (exact) mass is 232 g/mol. The lowest BCUT2D eigenvalue weighted by molar-refractivity contribution is 0.720. The maximum atomic E-state index is 3.39. The molecule has 0 bridgehead atoms. The first-order valence-electron chi connectivity index (χ1n) is 6.79. The number of aryl methyl sites for hydroxylation is 1. The normalized spacial score (nSPS) is 19.9. The van der Waals surface area contributed by atoms with Crippen LogP contribution >= 0.6 is 0 Å². The maximum absolute atomic E-state index is 3.39. The van der Waals surface area contributed by atoms with Crippen molar-refractivity contribution in [2.45, 2.75) is 46.2 Å². The molecule has 0 aliphatic carbocycles. The second kappa shape index (κ2) is 5.54. The topological polar surface area (TPSA) is 15.3 Å². The minimum Gasteiger partial charge on any atom is -0.369 e. The third-order valence-corrected chi connectivity index (χ3v) is 3.78. The molecule has 17 heavy (non-hydrogen) atoms. The highest BCUT2D eigenvalue weighted by atomic mass is 15.2. The Hall–Kier alpha value is -1.02. The minimum atomic E-state index is 0.703. The van der Waals surface area contributed by atoms with Crippen molar-refractivity contribution in [2.75, 3.05) is 18.0 Å². The average Bonchev–Trinajstić information content (AvgIpc) is 2.74. The molecule has 0 spiro atoms. The first kappa shape index (κ1) is 12.4. The van der Waals surface area contributed by atoms with Crippen LogP contribution in [0.25, 0.3) is 0 Å². The third kappa shape index (κ3) is 2.81. The van der Waals surface area contributed by atoms with E-state index in [0.717, 1.165) is 13.1 Å². The van der Waals surface area contributed by atoms with Crippen LogP contribution < -0.4 is 10.2 Å². The van der Waals surface area contributed by atoms with Gasteiger partial charge < -0.3 is 10.2 Å². The fourth-order valence-electron chi connectivity index (χ4n) is 2.63. The zero-order valence-electron chi connectivity index (χ0n) is 11.3. The Morgan fingerprint density at radius 2 is 2.24 bits per heavy atom. The lowest BCUT2D eigenvalue weighted by atomic mass is 10.1. The van der Waals surface area contributed by atoms with Gasteiger partial charge in [0, 0.05) is 24.8 Å². The molecule has 1 N–H and O–H groups in total. The number of benzene rings is 1. The van der Waals surface area contributed by atoms with Crippen molar-refractivity contribution in [2.24, 2.45) is 0 Å². The van der Waals surface area contributed by atoms with Gasteiger partial charge in [0.05, 0.1) is 0 Å². The quantitative estimate of drug-likeness (QED) is 0.858. The van der Waals surface area contributed by atoms with Crippen LogP contribution in [0.1, 0.15) is 37.8 Å². The van der Waals surface area contributed by atoms with E-state index in [0.29, 0.717) is 6.04 Å². The molecule has 0 saturated carbocycles. The van der Waals surface area contributed by atoms with Gasteiger partial charge in [-0.1, -0.05) is 13.0 Å². The SMILES string of the molecule is CCNCc1ccc(N2CCCC2C)cc1C. The molecule has 1 heterocycles. The van der Waals surface area contributed by atoms with E-state index in [1.54, 1.807) is 0 Å². The maximum Gasteiger partial charge on any atom is 0.0371 e. The van der Waals surface area contributed by atoms with Gasteiger partial charge in [-0.2, -0.15) is 0 Å². The Morgan fingerprint density at radius 3 is 2.82 bits per heavy atom. The van der Waals surface area contributed by atoms with Crippen LogP contribution in [0, 0.1) is 6.92 Å². The molecule has 1 fully saturated rings. The summed E-state index contributed by atoms with van der Waals surface area (Å²) in [5, 5.41) is 3.39. The zero-order valence-corrected chi connectivity index (χ0v) is 11.3. The summed E-state index contributed by atoms with van der Waals surface area (Å²) < 4.78 is 0. The van der Waals surface area contributed by atoms with E-state index in [4.69, 9.17) is 0 Å². The predicted molar refractivity (Wildman–Crippen MR) is 74.6 cm³/mol. The number of rotatable bonds is 4. The third-order valence-electron chi connectivity index (χ3n) is 3.78.